The molecule has 4 nitrogen and oxygen atoms in total. The summed E-state index contributed by atoms with van der Waals surface area (Å²) in [5.74, 6) is -1.09. The standard InChI is InChI=1S/C19H21ClFN3O/c1-2-23-9-11-24(12-10-23)18-6-4-3-5-17(18)22-19(25)15-13-14(20)7-8-16(15)21/h3-8,13H,2,9-12H2,1H3,(H,22,25). The Labute approximate surface area is 152 Å². The summed E-state index contributed by atoms with van der Waals surface area (Å²) in [5, 5.41) is 3.15. The van der Waals surface area contributed by atoms with Gasteiger partial charge in [0.2, 0.25) is 0 Å². The SMILES string of the molecule is CCN1CCN(c2ccccc2NC(=O)c2cc(Cl)ccc2F)CC1. The molecule has 0 aromatic heterocycles. The number of nitrogens with one attached hydrogen (secondary N) is 1. The summed E-state index contributed by atoms with van der Waals surface area (Å²) < 4.78 is 13.9. The molecule has 0 saturated carbocycles. The number of hydrogen-bond donors (Lipinski definition) is 1. The summed E-state index contributed by atoms with van der Waals surface area (Å²) in [6.45, 7) is 6.96. The number of piperazine rings is 1. The predicted octanol–water partition coefficient (Wildman–Crippen LogP) is 3.87. The van der Waals surface area contributed by atoms with Gasteiger partial charge in [-0.15, -0.1) is 0 Å². The van der Waals surface area contributed by atoms with Gasteiger partial charge in [0, 0.05) is 31.2 Å². The number of hydrogen-bond acceptors (Lipinski definition) is 3. The fourth-order valence-corrected chi connectivity index (χ4v) is 3.19. The van der Waals surface area contributed by atoms with E-state index in [4.69, 9.17) is 11.6 Å². The zero-order chi connectivity index (χ0) is 17.8. The van der Waals surface area contributed by atoms with Gasteiger partial charge in [-0.3, -0.25) is 4.79 Å². The molecule has 1 N–H and O–H groups in total. The molecule has 25 heavy (non-hydrogen) atoms. The van der Waals surface area contributed by atoms with Gasteiger partial charge in [-0.2, -0.15) is 0 Å². The highest BCUT2D eigenvalue weighted by molar-refractivity contribution is 6.31. The molecule has 3 rings (SSSR count). The lowest BCUT2D eigenvalue weighted by Gasteiger charge is -2.36. The Morgan fingerprint density at radius 3 is 2.60 bits per heavy atom. The van der Waals surface area contributed by atoms with Crippen LogP contribution in [-0.2, 0) is 0 Å². The second-order valence-corrected chi connectivity index (χ2v) is 6.45. The second-order valence-electron chi connectivity index (χ2n) is 6.02. The topological polar surface area (TPSA) is 35.6 Å². The normalized spacial score (nSPS) is 15.2. The van der Waals surface area contributed by atoms with Crippen molar-refractivity contribution in [2.24, 2.45) is 0 Å². The van der Waals surface area contributed by atoms with Crippen LogP contribution in [0.2, 0.25) is 5.02 Å². The maximum absolute atomic E-state index is 13.9. The molecular weight excluding hydrogens is 341 g/mol. The van der Waals surface area contributed by atoms with Gasteiger partial charge in [0.25, 0.3) is 5.91 Å². The Morgan fingerprint density at radius 1 is 1.16 bits per heavy atom. The summed E-state index contributed by atoms with van der Waals surface area (Å²) >= 11 is 5.88. The zero-order valence-corrected chi connectivity index (χ0v) is 14.9. The van der Waals surface area contributed by atoms with Gasteiger partial charge in [-0.1, -0.05) is 30.7 Å². The number of rotatable bonds is 4. The summed E-state index contributed by atoms with van der Waals surface area (Å²) in [4.78, 5) is 17.1. The molecule has 1 fully saturated rings. The van der Waals surface area contributed by atoms with Gasteiger partial charge in [-0.25, -0.2) is 4.39 Å². The van der Waals surface area contributed by atoms with Gasteiger partial charge in [-0.05, 0) is 36.9 Å². The molecule has 6 heteroatoms. The average Bonchev–Trinajstić information content (AvgIpc) is 2.64. The van der Waals surface area contributed by atoms with Crippen molar-refractivity contribution in [3.8, 4) is 0 Å². The summed E-state index contributed by atoms with van der Waals surface area (Å²) in [6.07, 6.45) is 0. The lowest BCUT2D eigenvalue weighted by molar-refractivity contribution is 0.102. The molecule has 0 aliphatic carbocycles. The summed E-state index contributed by atoms with van der Waals surface area (Å²) in [6, 6.07) is 11.6. The molecule has 1 saturated heterocycles. The van der Waals surface area contributed by atoms with Gasteiger partial charge >= 0.3 is 0 Å². The van der Waals surface area contributed by atoms with E-state index in [0.717, 1.165) is 38.4 Å². The summed E-state index contributed by atoms with van der Waals surface area (Å²) in [7, 11) is 0. The van der Waals surface area contributed by atoms with Crippen LogP contribution in [0.3, 0.4) is 0 Å². The van der Waals surface area contributed by atoms with E-state index >= 15 is 0 Å². The number of nitrogens with zero attached hydrogens (tertiary/aromatic N) is 2. The average molecular weight is 362 g/mol. The van der Waals surface area contributed by atoms with E-state index < -0.39 is 11.7 Å². The minimum atomic E-state index is -0.587. The number of benzene rings is 2. The number of para-hydroxylation sites is 2. The zero-order valence-electron chi connectivity index (χ0n) is 14.1. The van der Waals surface area contributed by atoms with E-state index in [2.05, 4.69) is 22.0 Å². The van der Waals surface area contributed by atoms with Crippen molar-refractivity contribution in [1.82, 2.24) is 4.90 Å². The van der Waals surface area contributed by atoms with Crippen molar-refractivity contribution >= 4 is 28.9 Å². The van der Waals surface area contributed by atoms with Crippen molar-refractivity contribution in [3.63, 3.8) is 0 Å². The number of carbonyl (C=O) groups excluding carboxylic acids is 1. The Bertz CT molecular complexity index is 760. The van der Waals surface area contributed by atoms with Crippen LogP contribution in [0, 0.1) is 5.82 Å². The molecule has 2 aromatic rings. The number of halogens is 2. The van der Waals surface area contributed by atoms with Gasteiger partial charge in [0.05, 0.1) is 16.9 Å². The molecule has 132 valence electrons. The van der Waals surface area contributed by atoms with Crippen LogP contribution in [0.5, 0.6) is 0 Å². The third kappa shape index (κ3) is 4.11. The fraction of sp³-hybridized carbons (Fsp3) is 0.316. The van der Waals surface area contributed by atoms with Gasteiger partial charge in [0.1, 0.15) is 5.82 Å². The fourth-order valence-electron chi connectivity index (χ4n) is 3.02. The molecule has 1 aliphatic rings. The maximum Gasteiger partial charge on any atom is 0.258 e. The highest BCUT2D eigenvalue weighted by Crippen LogP contribution is 2.27. The number of amides is 1. The predicted molar refractivity (Wildman–Crippen MR) is 100 cm³/mol. The van der Waals surface area contributed by atoms with Crippen LogP contribution in [0.1, 0.15) is 17.3 Å². The van der Waals surface area contributed by atoms with Gasteiger partial charge in [0.15, 0.2) is 0 Å². The largest absolute Gasteiger partial charge is 0.367 e. The van der Waals surface area contributed by atoms with Crippen molar-refractivity contribution in [2.75, 3.05) is 42.9 Å². The first-order valence-corrected chi connectivity index (χ1v) is 8.79. The number of anilines is 2. The Balaban J connectivity index is 1.79. The van der Waals surface area contributed by atoms with Crippen LogP contribution < -0.4 is 10.2 Å². The number of likely N-dealkylation sites (N-methyl/N-ethyl adjacent to an activating group) is 1. The maximum atomic E-state index is 13.9. The highest BCUT2D eigenvalue weighted by atomic mass is 35.5. The highest BCUT2D eigenvalue weighted by Gasteiger charge is 2.20. The first-order chi connectivity index (χ1) is 12.1. The molecule has 1 aliphatic heterocycles. The lowest BCUT2D eigenvalue weighted by atomic mass is 10.1. The third-order valence-corrected chi connectivity index (χ3v) is 4.72. The molecule has 0 unspecified atom stereocenters. The van der Waals surface area contributed by atoms with E-state index in [1.165, 1.54) is 18.2 Å². The molecule has 2 aromatic carbocycles. The van der Waals surface area contributed by atoms with E-state index in [0.29, 0.717) is 10.7 Å². The molecule has 0 spiro atoms. The molecule has 1 amide bonds. The van der Waals surface area contributed by atoms with Crippen LogP contribution >= 0.6 is 11.6 Å². The molecular formula is C19H21ClFN3O. The minimum absolute atomic E-state index is 0.0573. The quantitative estimate of drug-likeness (QED) is 0.897. The first kappa shape index (κ1) is 17.7. The summed E-state index contributed by atoms with van der Waals surface area (Å²) in [5.41, 5.74) is 1.57. The van der Waals surface area contributed by atoms with E-state index in [9.17, 15) is 9.18 Å². The van der Waals surface area contributed by atoms with E-state index in [1.807, 2.05) is 24.3 Å². The van der Waals surface area contributed by atoms with E-state index in [1.54, 1.807) is 0 Å². The second kappa shape index (κ2) is 7.85. The monoisotopic (exact) mass is 361 g/mol. The van der Waals surface area contributed by atoms with Crippen LogP contribution in [0.25, 0.3) is 0 Å². The number of carbonyl (C=O) groups is 1. The van der Waals surface area contributed by atoms with E-state index in [-0.39, 0.29) is 5.56 Å². The lowest BCUT2D eigenvalue weighted by Crippen LogP contribution is -2.46. The van der Waals surface area contributed by atoms with Crippen molar-refractivity contribution in [1.29, 1.82) is 0 Å². The third-order valence-electron chi connectivity index (χ3n) is 4.49. The minimum Gasteiger partial charge on any atom is -0.367 e. The van der Waals surface area contributed by atoms with Crippen molar-refractivity contribution in [3.05, 3.63) is 58.9 Å². The van der Waals surface area contributed by atoms with Crippen LogP contribution in [0.15, 0.2) is 42.5 Å². The van der Waals surface area contributed by atoms with Crippen molar-refractivity contribution < 1.29 is 9.18 Å². The molecule has 1 heterocycles. The molecule has 0 radical (unpaired) electrons. The first-order valence-electron chi connectivity index (χ1n) is 8.41. The van der Waals surface area contributed by atoms with Crippen molar-refractivity contribution in [2.45, 2.75) is 6.92 Å². The molecule has 0 atom stereocenters. The Hall–Kier alpha value is -2.11. The van der Waals surface area contributed by atoms with Crippen LogP contribution in [0.4, 0.5) is 15.8 Å². The van der Waals surface area contributed by atoms with Gasteiger partial charge < -0.3 is 15.1 Å². The Kier molecular flexibility index (Phi) is 5.56. The molecule has 0 bridgehead atoms. The smallest absolute Gasteiger partial charge is 0.258 e. The Morgan fingerprint density at radius 2 is 1.88 bits per heavy atom. The van der Waals surface area contributed by atoms with Crippen LogP contribution in [-0.4, -0.2) is 43.5 Å².